The van der Waals surface area contributed by atoms with Gasteiger partial charge in [-0.3, -0.25) is 9.52 Å². The second-order valence-electron chi connectivity index (χ2n) is 5.23. The molecule has 0 aliphatic rings. The number of sulfonamides is 1. The molecule has 1 amide bonds. The third kappa shape index (κ3) is 6.29. The van der Waals surface area contributed by atoms with Gasteiger partial charge in [0.15, 0.2) is 0 Å². The quantitative estimate of drug-likeness (QED) is 0.717. The zero-order valence-corrected chi connectivity index (χ0v) is 14.2. The van der Waals surface area contributed by atoms with Crippen LogP contribution in [-0.4, -0.2) is 33.7 Å². The van der Waals surface area contributed by atoms with Crippen molar-refractivity contribution in [3.63, 3.8) is 0 Å². The van der Waals surface area contributed by atoms with Crippen LogP contribution in [0, 0.1) is 0 Å². The first-order valence-corrected chi connectivity index (χ1v) is 9.37. The second-order valence-corrected chi connectivity index (χ2v) is 6.97. The smallest absolute Gasteiger partial charge is 0.251 e. The fourth-order valence-corrected chi connectivity index (χ4v) is 2.58. The van der Waals surface area contributed by atoms with E-state index < -0.39 is 10.0 Å². The van der Waals surface area contributed by atoms with Crippen molar-refractivity contribution in [1.82, 2.24) is 5.32 Å². The van der Waals surface area contributed by atoms with Crippen molar-refractivity contribution < 1.29 is 17.9 Å². The number of nitrogens with one attached hydrogen (secondary N) is 2. The molecule has 0 aromatic heterocycles. The van der Waals surface area contributed by atoms with Gasteiger partial charge in [0.25, 0.3) is 5.91 Å². The normalized spacial score (nSPS) is 10.9. The van der Waals surface area contributed by atoms with Crippen molar-refractivity contribution in [3.8, 4) is 5.75 Å². The topological polar surface area (TPSA) is 84.5 Å². The van der Waals surface area contributed by atoms with Gasteiger partial charge in [-0.05, 0) is 36.8 Å². The summed E-state index contributed by atoms with van der Waals surface area (Å²) in [4.78, 5) is 12.1. The fourth-order valence-electron chi connectivity index (χ4n) is 2.02. The van der Waals surface area contributed by atoms with Crippen LogP contribution < -0.4 is 14.8 Å². The highest BCUT2D eigenvalue weighted by atomic mass is 32.2. The van der Waals surface area contributed by atoms with Crippen LogP contribution >= 0.6 is 0 Å². The van der Waals surface area contributed by atoms with E-state index in [1.807, 2.05) is 30.3 Å². The molecule has 0 radical (unpaired) electrons. The van der Waals surface area contributed by atoms with Gasteiger partial charge in [-0.1, -0.05) is 24.3 Å². The van der Waals surface area contributed by atoms with E-state index in [-0.39, 0.29) is 5.91 Å². The lowest BCUT2D eigenvalue weighted by atomic mass is 10.2. The van der Waals surface area contributed by atoms with Gasteiger partial charge in [-0.2, -0.15) is 0 Å². The van der Waals surface area contributed by atoms with E-state index in [0.29, 0.717) is 30.8 Å². The summed E-state index contributed by atoms with van der Waals surface area (Å²) in [5.74, 6) is 0.537. The molecule has 6 nitrogen and oxygen atoms in total. The van der Waals surface area contributed by atoms with Crippen LogP contribution in [0.5, 0.6) is 5.75 Å². The molecule has 0 heterocycles. The van der Waals surface area contributed by atoms with Gasteiger partial charge >= 0.3 is 0 Å². The van der Waals surface area contributed by atoms with Gasteiger partial charge in [0.1, 0.15) is 5.75 Å². The number of carbonyl (C=O) groups excluding carboxylic acids is 1. The van der Waals surface area contributed by atoms with E-state index in [2.05, 4.69) is 10.0 Å². The lowest BCUT2D eigenvalue weighted by Crippen LogP contribution is -2.25. The summed E-state index contributed by atoms with van der Waals surface area (Å²) < 4.78 is 30.3. The van der Waals surface area contributed by atoms with E-state index in [1.54, 1.807) is 18.2 Å². The van der Waals surface area contributed by atoms with Gasteiger partial charge in [0.05, 0.1) is 12.9 Å². The van der Waals surface area contributed by atoms with E-state index in [4.69, 9.17) is 4.74 Å². The number of ether oxygens (including phenoxy) is 1. The van der Waals surface area contributed by atoms with E-state index >= 15 is 0 Å². The average Bonchev–Trinajstić information content (AvgIpc) is 2.54. The van der Waals surface area contributed by atoms with E-state index in [0.717, 1.165) is 12.0 Å². The van der Waals surface area contributed by atoms with Crippen LogP contribution in [0.2, 0.25) is 0 Å². The Morgan fingerprint density at radius 1 is 1.08 bits per heavy atom. The van der Waals surface area contributed by atoms with Crippen molar-refractivity contribution in [2.45, 2.75) is 6.42 Å². The van der Waals surface area contributed by atoms with E-state index in [1.165, 1.54) is 6.07 Å². The largest absolute Gasteiger partial charge is 0.494 e. The molecule has 0 aliphatic carbocycles. The maximum atomic E-state index is 12.1. The van der Waals surface area contributed by atoms with Gasteiger partial charge < -0.3 is 10.1 Å². The Hall–Kier alpha value is -2.54. The number of anilines is 1. The van der Waals surface area contributed by atoms with Gasteiger partial charge in [0.2, 0.25) is 10.0 Å². The third-order valence-corrected chi connectivity index (χ3v) is 3.65. The van der Waals surface area contributed by atoms with Gasteiger partial charge in [-0.15, -0.1) is 0 Å². The molecular weight excluding hydrogens is 328 g/mol. The number of benzene rings is 2. The Balaban J connectivity index is 1.77. The van der Waals surface area contributed by atoms with Crippen molar-refractivity contribution >= 4 is 21.6 Å². The monoisotopic (exact) mass is 348 g/mol. The van der Waals surface area contributed by atoms with Crippen molar-refractivity contribution in [3.05, 3.63) is 60.2 Å². The third-order valence-electron chi connectivity index (χ3n) is 3.05. The van der Waals surface area contributed by atoms with Crippen molar-refractivity contribution in [2.24, 2.45) is 0 Å². The zero-order chi connectivity index (χ0) is 17.4. The first kappa shape index (κ1) is 17.8. The standard InChI is InChI=1S/C17H20N2O4S/c1-24(21,22)19-15-8-5-7-14(13-15)17(20)18-11-6-12-23-16-9-3-2-4-10-16/h2-5,7-10,13,19H,6,11-12H2,1H3,(H,18,20). The zero-order valence-electron chi connectivity index (χ0n) is 13.4. The molecule has 0 saturated heterocycles. The maximum absolute atomic E-state index is 12.1. The van der Waals surface area contributed by atoms with Crippen molar-refractivity contribution in [1.29, 1.82) is 0 Å². The Kier molecular flexibility index (Phi) is 6.20. The summed E-state index contributed by atoms with van der Waals surface area (Å²) >= 11 is 0. The Morgan fingerprint density at radius 3 is 2.54 bits per heavy atom. The molecule has 0 spiro atoms. The number of para-hydroxylation sites is 1. The molecule has 0 unspecified atom stereocenters. The molecule has 2 N–H and O–H groups in total. The summed E-state index contributed by atoms with van der Waals surface area (Å²) in [5.41, 5.74) is 0.755. The average molecular weight is 348 g/mol. The number of amides is 1. The summed E-state index contributed by atoms with van der Waals surface area (Å²) in [5, 5.41) is 2.78. The Morgan fingerprint density at radius 2 is 1.83 bits per heavy atom. The maximum Gasteiger partial charge on any atom is 0.251 e. The predicted octanol–water partition coefficient (Wildman–Crippen LogP) is 2.26. The van der Waals surface area contributed by atoms with Crippen molar-refractivity contribution in [2.75, 3.05) is 24.1 Å². The highest BCUT2D eigenvalue weighted by Gasteiger charge is 2.07. The highest BCUT2D eigenvalue weighted by molar-refractivity contribution is 7.92. The summed E-state index contributed by atoms with van der Waals surface area (Å²) in [6, 6.07) is 15.8. The number of hydrogen-bond donors (Lipinski definition) is 2. The molecule has 0 aliphatic heterocycles. The molecule has 0 saturated carbocycles. The van der Waals surface area contributed by atoms with Crippen LogP contribution in [0.25, 0.3) is 0 Å². The van der Waals surface area contributed by atoms with Gasteiger partial charge in [-0.25, -0.2) is 8.42 Å². The van der Waals surface area contributed by atoms with Crippen LogP contribution in [-0.2, 0) is 10.0 Å². The molecule has 0 bridgehead atoms. The minimum absolute atomic E-state index is 0.258. The molecule has 24 heavy (non-hydrogen) atoms. The summed E-state index contributed by atoms with van der Waals surface area (Å²) in [6.45, 7) is 0.968. The van der Waals surface area contributed by atoms with Crippen LogP contribution in [0.15, 0.2) is 54.6 Å². The van der Waals surface area contributed by atoms with Crippen LogP contribution in [0.4, 0.5) is 5.69 Å². The number of carbonyl (C=O) groups is 1. The minimum Gasteiger partial charge on any atom is -0.494 e. The molecule has 2 aromatic carbocycles. The Labute approximate surface area is 141 Å². The molecule has 2 rings (SSSR count). The minimum atomic E-state index is -3.37. The second kappa shape index (κ2) is 8.35. The first-order chi connectivity index (χ1) is 11.4. The molecular formula is C17H20N2O4S. The molecule has 0 atom stereocenters. The lowest BCUT2D eigenvalue weighted by Gasteiger charge is -2.09. The predicted molar refractivity (Wildman–Crippen MR) is 93.8 cm³/mol. The highest BCUT2D eigenvalue weighted by Crippen LogP contribution is 2.12. The SMILES string of the molecule is CS(=O)(=O)Nc1cccc(C(=O)NCCCOc2ccccc2)c1. The van der Waals surface area contributed by atoms with Gasteiger partial charge in [0, 0.05) is 17.8 Å². The molecule has 0 fully saturated rings. The Bertz CT molecular complexity index is 776. The lowest BCUT2D eigenvalue weighted by molar-refractivity contribution is 0.0951. The van der Waals surface area contributed by atoms with Crippen LogP contribution in [0.1, 0.15) is 16.8 Å². The number of hydrogen-bond acceptors (Lipinski definition) is 4. The summed E-state index contributed by atoms with van der Waals surface area (Å²) in [7, 11) is -3.37. The van der Waals surface area contributed by atoms with Crippen LogP contribution in [0.3, 0.4) is 0 Å². The molecule has 2 aromatic rings. The molecule has 7 heteroatoms. The first-order valence-electron chi connectivity index (χ1n) is 7.48. The fraction of sp³-hybridized carbons (Fsp3) is 0.235. The van der Waals surface area contributed by atoms with E-state index in [9.17, 15) is 13.2 Å². The molecule has 128 valence electrons. The number of rotatable bonds is 8. The summed E-state index contributed by atoms with van der Waals surface area (Å²) in [6.07, 6.45) is 1.73.